The first-order chi connectivity index (χ1) is 22.1. The van der Waals surface area contributed by atoms with E-state index in [0.29, 0.717) is 74.0 Å². The molecule has 0 radical (unpaired) electrons. The Morgan fingerprint density at radius 1 is 0.979 bits per heavy atom. The van der Waals surface area contributed by atoms with Crippen LogP contribution in [0.25, 0.3) is 0 Å². The summed E-state index contributed by atoms with van der Waals surface area (Å²) in [4.78, 5) is 15.1. The molecule has 8 nitrogen and oxygen atoms in total. The Kier molecular flexibility index (Phi) is 8.48. The molecule has 5 aliphatic carbocycles. The molecule has 8 heteroatoms. The lowest BCUT2D eigenvalue weighted by atomic mass is 9.41. The minimum Gasteiger partial charge on any atom is -0.446 e. The highest BCUT2D eigenvalue weighted by molar-refractivity contribution is 5.68. The number of hydrogen-bond donors (Lipinski definition) is 1. The number of fused-ring (bicyclic) bond motifs is 4. The molecule has 0 aromatic rings. The molecule has 2 aliphatic heterocycles. The zero-order chi connectivity index (χ0) is 33.8. The number of hydrogen-bond acceptors (Lipinski definition) is 7. The van der Waals surface area contributed by atoms with Gasteiger partial charge in [-0.25, -0.2) is 4.79 Å². The van der Waals surface area contributed by atoms with Crippen molar-refractivity contribution in [1.29, 1.82) is 0 Å². The predicted molar refractivity (Wildman–Crippen MR) is 180 cm³/mol. The molecular weight excluding hydrogens is 594 g/mol. The van der Waals surface area contributed by atoms with E-state index in [1.165, 1.54) is 32.1 Å². The minimum atomic E-state index is -0.988. The van der Waals surface area contributed by atoms with Gasteiger partial charge < -0.3 is 33.7 Å². The molecule has 0 aromatic carbocycles. The van der Waals surface area contributed by atoms with E-state index in [1.807, 2.05) is 25.7 Å². The van der Waals surface area contributed by atoms with Crippen molar-refractivity contribution in [1.82, 2.24) is 4.90 Å². The Labute approximate surface area is 284 Å². The highest BCUT2D eigenvalue weighted by Crippen LogP contribution is 2.89. The topological polar surface area (TPSA) is 86.7 Å². The van der Waals surface area contributed by atoms with Crippen LogP contribution in [0.4, 0.5) is 4.79 Å². The van der Waals surface area contributed by atoms with Crippen molar-refractivity contribution in [2.45, 2.75) is 150 Å². The van der Waals surface area contributed by atoms with E-state index in [2.05, 4.69) is 41.5 Å². The second-order valence-electron chi connectivity index (χ2n) is 18.5. The van der Waals surface area contributed by atoms with E-state index in [4.69, 9.17) is 23.7 Å². The highest BCUT2D eigenvalue weighted by atomic mass is 16.6. The van der Waals surface area contributed by atoms with Gasteiger partial charge in [-0.3, -0.25) is 0 Å². The summed E-state index contributed by atoms with van der Waals surface area (Å²) >= 11 is 0. The van der Waals surface area contributed by atoms with Gasteiger partial charge in [-0.05, 0) is 119 Å². The summed E-state index contributed by atoms with van der Waals surface area (Å²) in [7, 11) is 0. The summed E-state index contributed by atoms with van der Waals surface area (Å²) in [6, 6.07) is 0. The molecule has 7 aliphatic rings. The molecule has 2 spiro atoms. The SMILES string of the molecule is CCO[C@@H](C1CC(C)C2C(O1)[C@H](OCC)[C@@]1(C)C3CC[C@H]4C(C)(C)C(OC(=O)N5CCOCC5)CC[C@@]45C[C@@]35CC[C@]21C)C(C)(C)O. The summed E-state index contributed by atoms with van der Waals surface area (Å²) in [5.41, 5.74) is -0.286. The van der Waals surface area contributed by atoms with Crippen LogP contribution in [0.1, 0.15) is 114 Å². The predicted octanol–water partition coefficient (Wildman–Crippen LogP) is 6.86. The largest absolute Gasteiger partial charge is 0.446 e. The van der Waals surface area contributed by atoms with Crippen LogP contribution < -0.4 is 0 Å². The van der Waals surface area contributed by atoms with Crippen LogP contribution in [0.3, 0.4) is 0 Å². The molecule has 1 amide bonds. The van der Waals surface area contributed by atoms with Gasteiger partial charge in [-0.2, -0.15) is 0 Å². The normalized spacial score (nSPS) is 49.1. The fraction of sp³-hybridized carbons (Fsp3) is 0.974. The summed E-state index contributed by atoms with van der Waals surface area (Å²) in [5.74, 6) is 2.01. The van der Waals surface area contributed by atoms with E-state index in [1.54, 1.807) is 0 Å². The number of morpholine rings is 1. The molecule has 7 rings (SSSR count). The third-order valence-electron chi connectivity index (χ3n) is 16.0. The number of amides is 1. The molecule has 0 aromatic heterocycles. The number of ether oxygens (including phenoxy) is 5. The summed E-state index contributed by atoms with van der Waals surface area (Å²) in [6.07, 6.45) is 8.53. The van der Waals surface area contributed by atoms with Crippen LogP contribution in [0.5, 0.6) is 0 Å². The summed E-state index contributed by atoms with van der Waals surface area (Å²) < 4.78 is 32.2. The van der Waals surface area contributed by atoms with E-state index in [9.17, 15) is 9.90 Å². The lowest BCUT2D eigenvalue weighted by Crippen LogP contribution is -2.60. The van der Waals surface area contributed by atoms with Crippen LogP contribution in [0, 0.1) is 50.7 Å². The van der Waals surface area contributed by atoms with Gasteiger partial charge >= 0.3 is 6.09 Å². The van der Waals surface area contributed by atoms with E-state index >= 15 is 0 Å². The number of rotatable bonds is 7. The van der Waals surface area contributed by atoms with Crippen LogP contribution in [0.2, 0.25) is 0 Å². The fourth-order valence-electron chi connectivity index (χ4n) is 14.0. The van der Waals surface area contributed by atoms with Gasteiger partial charge in [0, 0.05) is 37.1 Å². The zero-order valence-electron chi connectivity index (χ0n) is 30.9. The van der Waals surface area contributed by atoms with Gasteiger partial charge in [0.05, 0.1) is 37.1 Å². The Hall–Kier alpha value is -0.930. The molecule has 13 atom stereocenters. The van der Waals surface area contributed by atoms with Crippen molar-refractivity contribution in [3.8, 4) is 0 Å². The number of carbonyl (C=O) groups excluding carboxylic acids is 1. The standard InChI is InChI=1S/C39H65NO7/c1-10-44-31(35(6,7)42)25-22-24(3)29-30(46-25)32(45-11-2)37(9)27-13-12-26-34(4,5)28(47-33(41)40-18-20-43-21-19-40)14-15-38(26)23-39(27,38)17-16-36(29,37)8/h24-32,42H,10-23H2,1-9H3/t24?,25?,26-,27?,28?,29?,30?,31-,32-,36+,37+,38+,39-/m0/s1. The third kappa shape index (κ3) is 4.72. The van der Waals surface area contributed by atoms with Gasteiger partial charge in [-0.1, -0.05) is 34.6 Å². The summed E-state index contributed by atoms with van der Waals surface area (Å²) in [5, 5.41) is 11.2. The van der Waals surface area contributed by atoms with Gasteiger partial charge in [0.15, 0.2) is 0 Å². The van der Waals surface area contributed by atoms with E-state index in [0.717, 1.165) is 19.3 Å². The number of aliphatic hydroxyl groups is 1. The molecule has 6 unspecified atom stereocenters. The van der Waals surface area contributed by atoms with Crippen molar-refractivity contribution in [2.75, 3.05) is 39.5 Å². The van der Waals surface area contributed by atoms with Crippen LogP contribution in [-0.4, -0.2) is 91.7 Å². The maximum absolute atomic E-state index is 13.2. The Morgan fingerprint density at radius 2 is 1.66 bits per heavy atom. The van der Waals surface area contributed by atoms with Crippen molar-refractivity contribution in [2.24, 2.45) is 50.7 Å². The van der Waals surface area contributed by atoms with Gasteiger partial charge in [-0.15, -0.1) is 0 Å². The molecule has 5 saturated carbocycles. The average molecular weight is 660 g/mol. The zero-order valence-corrected chi connectivity index (χ0v) is 30.9. The molecule has 47 heavy (non-hydrogen) atoms. The third-order valence-corrected chi connectivity index (χ3v) is 16.0. The first kappa shape index (κ1) is 34.5. The lowest BCUT2D eigenvalue weighted by Gasteiger charge is -2.64. The Balaban J connectivity index is 1.17. The molecular formula is C39H65NO7. The molecule has 268 valence electrons. The van der Waals surface area contributed by atoms with Crippen LogP contribution in [0.15, 0.2) is 0 Å². The fourth-order valence-corrected chi connectivity index (χ4v) is 14.0. The lowest BCUT2D eigenvalue weighted by molar-refractivity contribution is -0.220. The second kappa shape index (κ2) is 11.5. The second-order valence-corrected chi connectivity index (χ2v) is 18.5. The average Bonchev–Trinajstić information content (AvgIpc) is 3.64. The number of nitrogens with zero attached hydrogens (tertiary/aromatic N) is 1. The monoisotopic (exact) mass is 659 g/mol. The van der Waals surface area contributed by atoms with Crippen LogP contribution in [-0.2, 0) is 23.7 Å². The smallest absolute Gasteiger partial charge is 0.410 e. The van der Waals surface area contributed by atoms with Gasteiger partial charge in [0.1, 0.15) is 12.2 Å². The van der Waals surface area contributed by atoms with Crippen LogP contribution >= 0.6 is 0 Å². The van der Waals surface area contributed by atoms with Gasteiger partial charge in [0.2, 0.25) is 0 Å². The molecule has 2 heterocycles. The van der Waals surface area contributed by atoms with Crippen molar-refractivity contribution < 1.29 is 33.6 Å². The first-order valence-corrected chi connectivity index (χ1v) is 19.3. The maximum Gasteiger partial charge on any atom is 0.410 e. The van der Waals surface area contributed by atoms with E-state index in [-0.39, 0.29) is 52.9 Å². The Morgan fingerprint density at radius 3 is 2.32 bits per heavy atom. The minimum absolute atomic E-state index is 0.00152. The van der Waals surface area contributed by atoms with Crippen molar-refractivity contribution >= 4 is 6.09 Å². The quantitative estimate of drug-likeness (QED) is 0.320. The maximum atomic E-state index is 13.2. The van der Waals surface area contributed by atoms with Gasteiger partial charge in [0.25, 0.3) is 0 Å². The van der Waals surface area contributed by atoms with Crippen molar-refractivity contribution in [3.63, 3.8) is 0 Å². The molecule has 1 N–H and O–H groups in total. The molecule has 0 bridgehead atoms. The Bertz CT molecular complexity index is 1200. The number of carbonyl (C=O) groups is 1. The van der Waals surface area contributed by atoms with Crippen molar-refractivity contribution in [3.05, 3.63) is 0 Å². The first-order valence-electron chi connectivity index (χ1n) is 19.3. The molecule has 2 saturated heterocycles. The summed E-state index contributed by atoms with van der Waals surface area (Å²) in [6.45, 7) is 24.0. The van der Waals surface area contributed by atoms with E-state index < -0.39 is 5.60 Å². The molecule has 7 fully saturated rings. The highest BCUT2D eigenvalue weighted by Gasteiger charge is 2.85.